The second kappa shape index (κ2) is 49.9. The maximum atomic E-state index is 13.8. The largest absolute Gasteiger partial charge is 0.497 e. The summed E-state index contributed by atoms with van der Waals surface area (Å²) in [6.07, 6.45) is 7.04. The summed E-state index contributed by atoms with van der Waals surface area (Å²) in [5.41, 5.74) is 17.1. The van der Waals surface area contributed by atoms with Crippen LogP contribution in [0.5, 0.6) is 28.7 Å². The fourth-order valence-electron chi connectivity index (χ4n) is 15.2. The van der Waals surface area contributed by atoms with Crippen molar-refractivity contribution in [2.75, 3.05) is 72.8 Å². The molecule has 7 N–H and O–H groups in total. The number of ether oxygens (including phenoxy) is 5. The first-order valence-corrected chi connectivity index (χ1v) is 48.3. The zero-order valence-corrected chi connectivity index (χ0v) is 82.3. The summed E-state index contributed by atoms with van der Waals surface area (Å²) in [6, 6.07) is 104. The van der Waals surface area contributed by atoms with Crippen LogP contribution in [0.15, 0.2) is 372 Å². The van der Waals surface area contributed by atoms with E-state index in [-0.39, 0.29) is 29.2 Å². The minimum absolute atomic E-state index is 0.0238. The van der Waals surface area contributed by atoms with Crippen molar-refractivity contribution >= 4 is 114 Å². The first kappa shape index (κ1) is 101. The molecular formula is C114H98ClFN16O12S2. The van der Waals surface area contributed by atoms with Gasteiger partial charge < -0.3 is 69.9 Å². The van der Waals surface area contributed by atoms with Crippen LogP contribution in [-0.4, -0.2) is 110 Å². The van der Waals surface area contributed by atoms with Gasteiger partial charge in [0.2, 0.25) is 23.4 Å². The van der Waals surface area contributed by atoms with E-state index in [0.717, 1.165) is 108 Å². The Hall–Kier alpha value is -18.1. The van der Waals surface area contributed by atoms with E-state index < -0.39 is 11.7 Å². The van der Waals surface area contributed by atoms with Crippen LogP contribution in [0, 0.1) is 12.7 Å². The molecule has 1 fully saturated rings. The van der Waals surface area contributed by atoms with Crippen molar-refractivity contribution in [3.05, 3.63) is 430 Å². The molecule has 14 aromatic carbocycles. The van der Waals surface area contributed by atoms with Crippen LogP contribution in [0.25, 0.3) is 56.5 Å². The Morgan fingerprint density at radius 2 is 0.808 bits per heavy atom. The highest BCUT2D eigenvalue weighted by Crippen LogP contribution is 2.38. The molecule has 0 unspecified atom stereocenters. The van der Waals surface area contributed by atoms with Gasteiger partial charge in [-0.15, -0.1) is 27.8 Å². The topological polar surface area (TPSA) is 350 Å². The highest BCUT2D eigenvalue weighted by molar-refractivity contribution is 7.14. The summed E-state index contributed by atoms with van der Waals surface area (Å²) in [5.74, 6) is 4.14. The molecule has 5 heterocycles. The van der Waals surface area contributed by atoms with E-state index in [1.54, 1.807) is 155 Å². The van der Waals surface area contributed by atoms with E-state index in [9.17, 15) is 28.4 Å². The standard InChI is InChI=1S/C24H21N3O3S.C23H18ClN3OS.C23H18FN3O3.C23H20N4O2.C21H21N3O3/c1-29-20-10-4-7-17(13-20)23(28)25-18-8-3-6-16(12-18)22-15-31-24(27-22)26-19-9-5-11-21(14-19)30-2;1-15-19(24)11-6-12-20(15)26-23-27-21(14-29-23)17-9-5-10-18(13-17)25-22(28)16-7-3-2-4-8-16;1-29-18-11-9-15(10-12-18)13-21-26-22(27-30-21)16-5-4-6-17(14-16)25-23(28)19-7-2-3-8-20(19)24;1-29-21-12-6-10-19(14-21)23(28)24-20-11-5-9-18(13-20)22-16-27(26-25-22)15-17-7-3-2-4-8-17;1-26-18-11-5-9-16(13-18)20(25)22-17-10-4-8-15(12-17)19-23-21(27-24-19)14-6-2-3-7-14/h3-15H,1-2H3,(H,25,28)(H,26,27);2-14H,1H3,(H,25,28)(H,26,27);2-12,14H,13H2,1H3,(H,25,28);2-14,16H,15H2,1H3,(H,24,28);4-5,8-14H,2-3,6-7H2,1H3,(H,22,25). The van der Waals surface area contributed by atoms with Crippen molar-refractivity contribution in [2.24, 2.45) is 0 Å². The number of hydrogen-bond acceptors (Lipinski definition) is 24. The van der Waals surface area contributed by atoms with Crippen LogP contribution in [-0.2, 0) is 13.0 Å². The van der Waals surface area contributed by atoms with Crippen molar-refractivity contribution in [3.8, 4) is 85.3 Å². The number of carbonyl (C=O) groups excluding carboxylic acids is 5. The van der Waals surface area contributed by atoms with Crippen LogP contribution < -0.4 is 60.9 Å². The number of rotatable bonds is 29. The van der Waals surface area contributed by atoms with E-state index in [2.05, 4.69) is 89.9 Å². The first-order chi connectivity index (χ1) is 71.3. The van der Waals surface area contributed by atoms with Gasteiger partial charge in [0.15, 0.2) is 10.3 Å². The average molecular weight is 2000 g/mol. The summed E-state index contributed by atoms with van der Waals surface area (Å²) in [6.45, 7) is 2.62. The number of amides is 5. The molecule has 0 aliphatic heterocycles. The first-order valence-electron chi connectivity index (χ1n) is 46.2. The number of anilines is 9. The number of hydrogen-bond donors (Lipinski definition) is 7. The SMILES string of the molecule is COc1ccc(Cc2nc(-c3cccc(NC(=O)c4ccccc4F)c3)no2)cc1.COc1cccc(C(=O)Nc2cccc(-c3cn(Cc4ccccc4)nn3)c2)c1.COc1cccc(C(=O)Nc2cccc(-c3noc(C4CCCC4)n3)c2)c1.COc1cccc(Nc2nc(-c3cccc(NC(=O)c4cccc(OC)c4)c3)cs2)c1.Cc1c(Cl)cccc1Nc1nc(-c2cccc(NC(=O)c3ccccc3)c2)cs1. The van der Waals surface area contributed by atoms with Crippen LogP contribution in [0.3, 0.4) is 0 Å². The molecule has 0 bridgehead atoms. The molecule has 1 aliphatic carbocycles. The Morgan fingerprint density at radius 1 is 0.390 bits per heavy atom. The predicted octanol–water partition coefficient (Wildman–Crippen LogP) is 26.2. The fourth-order valence-corrected chi connectivity index (χ4v) is 16.9. The van der Waals surface area contributed by atoms with Crippen molar-refractivity contribution < 1.29 is 61.1 Å². The average Bonchev–Trinajstić information content (AvgIpc) is 1.69. The summed E-state index contributed by atoms with van der Waals surface area (Å²) in [5, 5.41) is 43.8. The highest BCUT2D eigenvalue weighted by atomic mass is 35.5. The Labute approximate surface area is 854 Å². The maximum absolute atomic E-state index is 13.8. The summed E-state index contributed by atoms with van der Waals surface area (Å²) in [4.78, 5) is 80.7. The van der Waals surface area contributed by atoms with Gasteiger partial charge in [0.05, 0.1) is 71.7 Å². The molecule has 28 nitrogen and oxygen atoms in total. The Bertz CT molecular complexity index is 7690. The number of nitrogens with one attached hydrogen (secondary N) is 7. The van der Waals surface area contributed by atoms with Gasteiger partial charge in [-0.25, -0.2) is 19.0 Å². The molecule has 20 rings (SSSR count). The van der Waals surface area contributed by atoms with Crippen molar-refractivity contribution in [3.63, 3.8) is 0 Å². The third-order valence-electron chi connectivity index (χ3n) is 22.8. The van der Waals surface area contributed by atoms with Crippen LogP contribution in [0.1, 0.15) is 112 Å². The summed E-state index contributed by atoms with van der Waals surface area (Å²) < 4.78 is 52.4. The summed E-state index contributed by atoms with van der Waals surface area (Å²) in [7, 11) is 7.98. The van der Waals surface area contributed by atoms with Crippen LogP contribution >= 0.6 is 34.3 Å². The quantitative estimate of drug-likeness (QED) is 0.0229. The molecule has 1 saturated carbocycles. The number of carbonyl (C=O) groups is 5. The molecule has 146 heavy (non-hydrogen) atoms. The summed E-state index contributed by atoms with van der Waals surface area (Å²) >= 11 is 9.22. The fraction of sp³-hybridized carbons (Fsp3) is 0.114. The van der Waals surface area contributed by atoms with Gasteiger partial charge in [-0.2, -0.15) is 9.97 Å². The van der Waals surface area contributed by atoms with E-state index in [1.807, 2.05) is 224 Å². The molecule has 0 saturated heterocycles. The van der Waals surface area contributed by atoms with Crippen LogP contribution in [0.4, 0.5) is 54.5 Å². The number of thiazole rings is 2. The number of aromatic nitrogens is 9. The zero-order valence-electron chi connectivity index (χ0n) is 80.0. The van der Waals surface area contributed by atoms with Crippen molar-refractivity contribution in [2.45, 2.75) is 51.5 Å². The lowest BCUT2D eigenvalue weighted by Crippen LogP contribution is -2.13. The van der Waals surface area contributed by atoms with E-state index in [1.165, 1.54) is 53.7 Å². The number of halogens is 2. The second-order valence-corrected chi connectivity index (χ2v) is 35.1. The molecule has 5 amide bonds. The molecule has 19 aromatic rings. The Kier molecular flexibility index (Phi) is 34.5. The van der Waals surface area contributed by atoms with Gasteiger partial charge in [0, 0.05) is 118 Å². The molecule has 5 aromatic heterocycles. The number of benzene rings is 14. The lowest BCUT2D eigenvalue weighted by Gasteiger charge is -2.08. The maximum Gasteiger partial charge on any atom is 0.258 e. The second-order valence-electron chi connectivity index (χ2n) is 32.9. The third kappa shape index (κ3) is 28.0. The molecular weight excluding hydrogens is 1900 g/mol. The number of nitrogens with zero attached hydrogens (tertiary/aromatic N) is 9. The highest BCUT2D eigenvalue weighted by Gasteiger charge is 2.25. The lowest BCUT2D eigenvalue weighted by atomic mass is 10.1. The lowest BCUT2D eigenvalue weighted by molar-refractivity contribution is 0.101. The molecule has 32 heteroatoms. The van der Waals surface area contributed by atoms with Gasteiger partial charge in [0.25, 0.3) is 29.5 Å². The molecule has 732 valence electrons. The third-order valence-corrected chi connectivity index (χ3v) is 24.8. The molecule has 0 spiro atoms. The molecule has 0 atom stereocenters. The van der Waals surface area contributed by atoms with Gasteiger partial charge in [-0.05, 0) is 212 Å². The normalized spacial score (nSPS) is 11.2. The van der Waals surface area contributed by atoms with Crippen molar-refractivity contribution in [1.82, 2.24) is 45.2 Å². The minimum atomic E-state index is -0.576. The molecule has 0 radical (unpaired) electrons. The van der Waals surface area contributed by atoms with E-state index >= 15 is 0 Å². The van der Waals surface area contributed by atoms with Gasteiger partial charge >= 0.3 is 0 Å². The monoisotopic (exact) mass is 2000 g/mol. The Balaban J connectivity index is 0.000000131. The zero-order chi connectivity index (χ0) is 101. The number of methoxy groups -OCH3 is 5. The minimum Gasteiger partial charge on any atom is -0.497 e. The van der Waals surface area contributed by atoms with Crippen LogP contribution in [0.2, 0.25) is 5.02 Å². The Morgan fingerprint density at radius 3 is 1.33 bits per heavy atom. The van der Waals surface area contributed by atoms with E-state index in [0.29, 0.717) is 115 Å². The smallest absolute Gasteiger partial charge is 0.258 e. The van der Waals surface area contributed by atoms with Crippen molar-refractivity contribution in [1.29, 1.82) is 0 Å². The van der Waals surface area contributed by atoms with Gasteiger partial charge in [0.1, 0.15) is 40.3 Å². The van der Waals surface area contributed by atoms with E-state index in [4.69, 9.17) is 44.3 Å². The predicted molar refractivity (Wildman–Crippen MR) is 570 cm³/mol. The van der Waals surface area contributed by atoms with Gasteiger partial charge in [-0.3, -0.25) is 24.0 Å². The molecule has 1 aliphatic rings. The van der Waals surface area contributed by atoms with Gasteiger partial charge in [-0.1, -0.05) is 204 Å².